The first kappa shape index (κ1) is 22.4. The summed E-state index contributed by atoms with van der Waals surface area (Å²) in [6.45, 7) is 4.11. The Morgan fingerprint density at radius 2 is 1.81 bits per heavy atom. The minimum absolute atomic E-state index is 0.133. The maximum Gasteiger partial charge on any atom is 0.408 e. The monoisotopic (exact) mass is 422 g/mol. The van der Waals surface area contributed by atoms with Crippen LogP contribution in [0.4, 0.5) is 4.79 Å². The molecule has 6 heteroatoms. The third-order valence-corrected chi connectivity index (χ3v) is 5.17. The third-order valence-electron chi connectivity index (χ3n) is 5.17. The zero-order valence-electron chi connectivity index (χ0n) is 18.1. The average Bonchev–Trinajstić information content (AvgIpc) is 3.19. The number of amides is 1. The molecule has 2 atom stereocenters. The first-order valence-corrected chi connectivity index (χ1v) is 10.8. The van der Waals surface area contributed by atoms with Gasteiger partial charge in [-0.25, -0.2) is 9.59 Å². The van der Waals surface area contributed by atoms with E-state index in [1.54, 1.807) is 0 Å². The molecule has 0 fully saturated rings. The van der Waals surface area contributed by atoms with Crippen LogP contribution >= 0.6 is 0 Å². The van der Waals surface area contributed by atoms with E-state index in [9.17, 15) is 9.59 Å². The Morgan fingerprint density at radius 3 is 2.58 bits per heavy atom. The van der Waals surface area contributed by atoms with Crippen LogP contribution in [-0.2, 0) is 27.3 Å². The number of carbonyl (C=O) groups excluding carboxylic acids is 2. The summed E-state index contributed by atoms with van der Waals surface area (Å²) in [6.07, 6.45) is 4.12. The lowest BCUT2D eigenvalue weighted by Gasteiger charge is -2.20. The zero-order valence-corrected chi connectivity index (χ0v) is 18.1. The summed E-state index contributed by atoms with van der Waals surface area (Å²) in [5, 5.41) is 3.71. The Labute approximate surface area is 182 Å². The fourth-order valence-corrected chi connectivity index (χ4v) is 3.45. The molecule has 0 saturated heterocycles. The summed E-state index contributed by atoms with van der Waals surface area (Å²) in [5.41, 5.74) is 2.79. The van der Waals surface area contributed by atoms with Gasteiger partial charge in [0, 0.05) is 23.5 Å². The molecule has 0 bridgehead atoms. The number of benzene rings is 2. The highest BCUT2D eigenvalue weighted by molar-refractivity contribution is 5.86. The molecule has 1 heterocycles. The molecule has 1 aromatic heterocycles. The summed E-state index contributed by atoms with van der Waals surface area (Å²) in [6, 6.07) is 16.4. The van der Waals surface area contributed by atoms with Crippen LogP contribution in [0.2, 0.25) is 0 Å². The van der Waals surface area contributed by atoms with Crippen LogP contribution in [0, 0.1) is 0 Å². The highest BCUT2D eigenvalue weighted by Crippen LogP contribution is 2.20. The van der Waals surface area contributed by atoms with Crippen molar-refractivity contribution in [3.05, 3.63) is 71.9 Å². The topological polar surface area (TPSA) is 80.4 Å². The van der Waals surface area contributed by atoms with Crippen molar-refractivity contribution in [3.63, 3.8) is 0 Å². The molecule has 0 radical (unpaired) electrons. The highest BCUT2D eigenvalue weighted by atomic mass is 16.6. The molecule has 3 aromatic rings. The molecule has 3 rings (SSSR count). The second-order valence-electron chi connectivity index (χ2n) is 7.71. The van der Waals surface area contributed by atoms with Gasteiger partial charge in [0.15, 0.2) is 0 Å². The van der Waals surface area contributed by atoms with Crippen molar-refractivity contribution >= 4 is 23.0 Å². The maximum atomic E-state index is 12.9. The molecule has 1 amide bonds. The van der Waals surface area contributed by atoms with E-state index in [1.807, 2.05) is 67.7 Å². The Hall–Kier alpha value is -3.28. The molecule has 0 unspecified atom stereocenters. The Balaban J connectivity index is 1.68. The van der Waals surface area contributed by atoms with Crippen molar-refractivity contribution in [2.45, 2.75) is 58.3 Å². The summed E-state index contributed by atoms with van der Waals surface area (Å²) in [4.78, 5) is 28.5. The standard InChI is InChI=1S/C25H30N2O4/c1-3-4-10-18(2)31-24(28)23(15-20-16-26-22-14-9-8-13-21(20)22)27-25(29)30-17-19-11-6-5-7-12-19/h5-9,11-14,16,18,23,26H,3-4,10,15,17H2,1-2H3,(H,27,29)/t18-,23+/m1/s1. The predicted octanol–water partition coefficient (Wildman–Crippen LogP) is 5.13. The largest absolute Gasteiger partial charge is 0.461 e. The van der Waals surface area contributed by atoms with E-state index in [1.165, 1.54) is 0 Å². The van der Waals surface area contributed by atoms with Crippen LogP contribution in [-0.4, -0.2) is 29.2 Å². The van der Waals surface area contributed by atoms with E-state index < -0.39 is 18.1 Å². The van der Waals surface area contributed by atoms with Crippen molar-refractivity contribution in [1.29, 1.82) is 0 Å². The van der Waals surface area contributed by atoms with Gasteiger partial charge in [-0.1, -0.05) is 68.3 Å². The number of unbranched alkanes of at least 4 members (excludes halogenated alkanes) is 1. The molecular formula is C25H30N2O4. The molecule has 31 heavy (non-hydrogen) atoms. The lowest BCUT2D eigenvalue weighted by molar-refractivity contribution is -0.151. The molecule has 0 spiro atoms. The van der Waals surface area contributed by atoms with E-state index in [2.05, 4.69) is 17.2 Å². The van der Waals surface area contributed by atoms with Crippen molar-refractivity contribution in [2.75, 3.05) is 0 Å². The number of alkyl carbamates (subject to hydrolysis) is 1. The van der Waals surface area contributed by atoms with Crippen molar-refractivity contribution in [1.82, 2.24) is 10.3 Å². The van der Waals surface area contributed by atoms with E-state index in [-0.39, 0.29) is 12.7 Å². The summed E-state index contributed by atoms with van der Waals surface area (Å²) in [7, 11) is 0. The number of H-pyrrole nitrogens is 1. The van der Waals surface area contributed by atoms with Crippen molar-refractivity contribution in [2.24, 2.45) is 0 Å². The number of hydrogen-bond donors (Lipinski definition) is 2. The maximum absolute atomic E-state index is 12.9. The second-order valence-corrected chi connectivity index (χ2v) is 7.71. The molecule has 0 aliphatic heterocycles. The molecule has 2 aromatic carbocycles. The summed E-state index contributed by atoms with van der Waals surface area (Å²) < 4.78 is 10.9. The quantitative estimate of drug-likeness (QED) is 0.444. The SMILES string of the molecule is CCCC[C@@H](C)OC(=O)[C@H](Cc1c[nH]c2ccccc12)NC(=O)OCc1ccccc1. The van der Waals surface area contributed by atoms with Crippen LogP contribution in [0.15, 0.2) is 60.8 Å². The van der Waals surface area contributed by atoms with Gasteiger partial charge in [-0.2, -0.15) is 0 Å². The molecular weight excluding hydrogens is 392 g/mol. The summed E-state index contributed by atoms with van der Waals surface area (Å²) >= 11 is 0. The van der Waals surface area contributed by atoms with Gasteiger partial charge in [0.1, 0.15) is 12.6 Å². The normalized spacial score (nSPS) is 12.8. The number of aromatic amines is 1. The first-order chi connectivity index (χ1) is 15.1. The smallest absolute Gasteiger partial charge is 0.408 e. The fourth-order valence-electron chi connectivity index (χ4n) is 3.45. The second kappa shape index (κ2) is 11.2. The molecule has 0 aliphatic rings. The molecule has 164 valence electrons. The molecule has 0 aliphatic carbocycles. The van der Waals surface area contributed by atoms with Gasteiger partial charge in [0.2, 0.25) is 0 Å². The number of fused-ring (bicyclic) bond motifs is 1. The van der Waals surface area contributed by atoms with Crippen LogP contribution in [0.1, 0.15) is 44.2 Å². The van der Waals surface area contributed by atoms with E-state index in [0.717, 1.165) is 41.3 Å². The minimum Gasteiger partial charge on any atom is -0.461 e. The Kier molecular flexibility index (Phi) is 8.10. The lowest BCUT2D eigenvalue weighted by atomic mass is 10.0. The molecule has 6 nitrogen and oxygen atoms in total. The van der Waals surface area contributed by atoms with Crippen LogP contribution in [0.5, 0.6) is 0 Å². The number of aromatic nitrogens is 1. The third kappa shape index (κ3) is 6.60. The highest BCUT2D eigenvalue weighted by Gasteiger charge is 2.26. The van der Waals surface area contributed by atoms with E-state index >= 15 is 0 Å². The van der Waals surface area contributed by atoms with Gasteiger partial charge in [-0.15, -0.1) is 0 Å². The van der Waals surface area contributed by atoms with Gasteiger partial charge in [-0.3, -0.25) is 0 Å². The van der Waals surface area contributed by atoms with Gasteiger partial charge >= 0.3 is 12.1 Å². The van der Waals surface area contributed by atoms with E-state index in [4.69, 9.17) is 9.47 Å². The van der Waals surface area contributed by atoms with Gasteiger partial charge < -0.3 is 19.8 Å². The van der Waals surface area contributed by atoms with Crippen molar-refractivity contribution < 1.29 is 19.1 Å². The Bertz CT molecular complexity index is 983. The molecule has 2 N–H and O–H groups in total. The van der Waals surface area contributed by atoms with Gasteiger partial charge in [0.05, 0.1) is 6.10 Å². The van der Waals surface area contributed by atoms with Crippen LogP contribution in [0.25, 0.3) is 10.9 Å². The fraction of sp³-hybridized carbons (Fsp3) is 0.360. The zero-order chi connectivity index (χ0) is 22.1. The van der Waals surface area contributed by atoms with Gasteiger partial charge in [-0.05, 0) is 30.5 Å². The minimum atomic E-state index is -0.841. The number of esters is 1. The van der Waals surface area contributed by atoms with Crippen LogP contribution in [0.3, 0.4) is 0 Å². The van der Waals surface area contributed by atoms with Crippen molar-refractivity contribution in [3.8, 4) is 0 Å². The van der Waals surface area contributed by atoms with Gasteiger partial charge in [0.25, 0.3) is 0 Å². The molecule has 0 saturated carbocycles. The number of para-hydroxylation sites is 1. The summed E-state index contributed by atoms with van der Waals surface area (Å²) in [5.74, 6) is -0.453. The number of hydrogen-bond acceptors (Lipinski definition) is 4. The predicted molar refractivity (Wildman–Crippen MR) is 121 cm³/mol. The Morgan fingerprint density at radius 1 is 1.06 bits per heavy atom. The lowest BCUT2D eigenvalue weighted by Crippen LogP contribution is -2.44. The van der Waals surface area contributed by atoms with Crippen LogP contribution < -0.4 is 5.32 Å². The number of rotatable bonds is 10. The average molecular weight is 423 g/mol. The number of carbonyl (C=O) groups is 2. The van der Waals surface area contributed by atoms with E-state index in [0.29, 0.717) is 6.42 Å². The number of ether oxygens (including phenoxy) is 2. The number of nitrogens with one attached hydrogen (secondary N) is 2. The first-order valence-electron chi connectivity index (χ1n) is 10.8.